The van der Waals surface area contributed by atoms with Gasteiger partial charge in [-0.3, -0.25) is 0 Å². The molecule has 2 rings (SSSR count). The van der Waals surface area contributed by atoms with Gasteiger partial charge in [-0.1, -0.05) is 17.7 Å². The molecule has 4 nitrogen and oxygen atoms in total. The Morgan fingerprint density at radius 3 is 2.74 bits per heavy atom. The molecule has 0 radical (unpaired) electrons. The van der Waals surface area contributed by atoms with Gasteiger partial charge in [-0.2, -0.15) is 0 Å². The maximum absolute atomic E-state index is 6.08. The lowest BCUT2D eigenvalue weighted by Crippen LogP contribution is -2.02. The number of hydrogen-bond acceptors (Lipinski definition) is 4. The first-order chi connectivity index (χ1) is 9.24. The SMILES string of the molecule is COc1ccc(CNc2cccnc2OC)cc1Cl. The topological polar surface area (TPSA) is 43.4 Å². The van der Waals surface area contributed by atoms with E-state index in [1.165, 1.54) is 0 Å². The molecule has 19 heavy (non-hydrogen) atoms. The van der Waals surface area contributed by atoms with Crippen LogP contribution in [-0.2, 0) is 6.54 Å². The molecule has 0 unspecified atom stereocenters. The first-order valence-corrected chi connectivity index (χ1v) is 6.17. The number of benzene rings is 1. The smallest absolute Gasteiger partial charge is 0.237 e. The Kier molecular flexibility index (Phi) is 4.47. The highest BCUT2D eigenvalue weighted by Gasteiger charge is 2.04. The third kappa shape index (κ3) is 3.29. The lowest BCUT2D eigenvalue weighted by molar-refractivity contribution is 0.399. The van der Waals surface area contributed by atoms with E-state index in [0.717, 1.165) is 11.3 Å². The van der Waals surface area contributed by atoms with Crippen LogP contribution in [0.2, 0.25) is 5.02 Å². The molecule has 0 atom stereocenters. The van der Waals surface area contributed by atoms with Crippen LogP contribution < -0.4 is 14.8 Å². The van der Waals surface area contributed by atoms with Crippen molar-refractivity contribution >= 4 is 17.3 Å². The van der Waals surface area contributed by atoms with Crippen molar-refractivity contribution < 1.29 is 9.47 Å². The zero-order valence-electron chi connectivity index (χ0n) is 10.8. The van der Waals surface area contributed by atoms with Crippen molar-refractivity contribution in [2.24, 2.45) is 0 Å². The summed E-state index contributed by atoms with van der Waals surface area (Å²) in [5, 5.41) is 3.86. The summed E-state index contributed by atoms with van der Waals surface area (Å²) in [6, 6.07) is 9.44. The van der Waals surface area contributed by atoms with Gasteiger partial charge in [0, 0.05) is 12.7 Å². The van der Waals surface area contributed by atoms with Crippen molar-refractivity contribution in [3.8, 4) is 11.6 Å². The fourth-order valence-corrected chi connectivity index (χ4v) is 1.99. The normalized spacial score (nSPS) is 10.1. The van der Waals surface area contributed by atoms with Crippen LogP contribution in [0.3, 0.4) is 0 Å². The van der Waals surface area contributed by atoms with Crippen LogP contribution >= 0.6 is 11.6 Å². The number of rotatable bonds is 5. The molecular weight excluding hydrogens is 264 g/mol. The first kappa shape index (κ1) is 13.5. The fourth-order valence-electron chi connectivity index (χ4n) is 1.71. The second-order valence-corrected chi connectivity index (χ2v) is 4.29. The summed E-state index contributed by atoms with van der Waals surface area (Å²) < 4.78 is 10.3. The summed E-state index contributed by atoms with van der Waals surface area (Å²) in [7, 11) is 3.19. The Bertz CT molecular complexity index is 561. The van der Waals surface area contributed by atoms with Crippen molar-refractivity contribution in [3.05, 3.63) is 47.1 Å². The van der Waals surface area contributed by atoms with E-state index in [9.17, 15) is 0 Å². The van der Waals surface area contributed by atoms with E-state index in [1.54, 1.807) is 20.4 Å². The third-order valence-electron chi connectivity index (χ3n) is 2.66. The standard InChI is InChI=1S/C14H15ClN2O2/c1-18-13-6-5-10(8-11(13)15)9-17-12-4-3-7-16-14(12)19-2/h3-8,17H,9H2,1-2H3. The van der Waals surface area contributed by atoms with E-state index in [4.69, 9.17) is 21.1 Å². The molecule has 0 aliphatic heterocycles. The monoisotopic (exact) mass is 278 g/mol. The van der Waals surface area contributed by atoms with Crippen molar-refractivity contribution in [1.82, 2.24) is 4.98 Å². The van der Waals surface area contributed by atoms with Crippen LogP contribution in [0, 0.1) is 0 Å². The minimum Gasteiger partial charge on any atom is -0.495 e. The van der Waals surface area contributed by atoms with E-state index in [-0.39, 0.29) is 0 Å². The summed E-state index contributed by atoms with van der Waals surface area (Å²) in [6.45, 7) is 0.631. The highest BCUT2D eigenvalue weighted by molar-refractivity contribution is 6.32. The van der Waals surface area contributed by atoms with Gasteiger partial charge in [0.15, 0.2) is 0 Å². The molecule has 0 spiro atoms. The second-order valence-electron chi connectivity index (χ2n) is 3.88. The largest absolute Gasteiger partial charge is 0.495 e. The van der Waals surface area contributed by atoms with Crippen molar-refractivity contribution in [1.29, 1.82) is 0 Å². The Balaban J connectivity index is 2.08. The zero-order valence-corrected chi connectivity index (χ0v) is 11.6. The van der Waals surface area contributed by atoms with Gasteiger partial charge in [-0.15, -0.1) is 0 Å². The lowest BCUT2D eigenvalue weighted by atomic mass is 10.2. The molecular formula is C14H15ClN2O2. The molecule has 0 saturated carbocycles. The van der Waals surface area contributed by atoms with Crippen molar-refractivity contribution in [2.45, 2.75) is 6.54 Å². The molecule has 1 aromatic heterocycles. The van der Waals surface area contributed by atoms with Crippen molar-refractivity contribution in [3.63, 3.8) is 0 Å². The first-order valence-electron chi connectivity index (χ1n) is 5.80. The molecule has 1 N–H and O–H groups in total. The number of methoxy groups -OCH3 is 2. The number of hydrogen-bond donors (Lipinski definition) is 1. The van der Waals surface area contributed by atoms with Gasteiger partial charge in [0.2, 0.25) is 5.88 Å². The second kappa shape index (κ2) is 6.29. The van der Waals surface area contributed by atoms with Crippen LogP contribution in [0.25, 0.3) is 0 Å². The van der Waals surface area contributed by atoms with Gasteiger partial charge in [0.25, 0.3) is 0 Å². The summed E-state index contributed by atoms with van der Waals surface area (Å²) in [4.78, 5) is 4.12. The molecule has 1 heterocycles. The average Bonchev–Trinajstić information content (AvgIpc) is 2.45. The maximum Gasteiger partial charge on any atom is 0.237 e. The van der Waals surface area contributed by atoms with Gasteiger partial charge in [0.1, 0.15) is 5.75 Å². The number of aromatic nitrogens is 1. The van der Waals surface area contributed by atoms with Crippen LogP contribution in [0.4, 0.5) is 5.69 Å². The molecule has 0 amide bonds. The maximum atomic E-state index is 6.08. The van der Waals surface area contributed by atoms with Gasteiger partial charge in [-0.05, 0) is 29.8 Å². The lowest BCUT2D eigenvalue weighted by Gasteiger charge is -2.10. The Hall–Kier alpha value is -1.94. The molecule has 0 aliphatic rings. The van der Waals surface area contributed by atoms with Gasteiger partial charge in [0.05, 0.1) is 24.9 Å². The molecule has 100 valence electrons. The molecule has 0 fully saturated rings. The zero-order chi connectivity index (χ0) is 13.7. The van der Waals surface area contributed by atoms with Crippen LogP contribution in [-0.4, -0.2) is 19.2 Å². The molecule has 2 aromatic rings. The van der Waals surface area contributed by atoms with E-state index in [2.05, 4.69) is 10.3 Å². The van der Waals surface area contributed by atoms with E-state index < -0.39 is 0 Å². The number of halogens is 1. The molecule has 1 aromatic carbocycles. The Labute approximate surface area is 117 Å². The van der Waals surface area contributed by atoms with Crippen LogP contribution in [0.1, 0.15) is 5.56 Å². The minimum atomic E-state index is 0.571. The quantitative estimate of drug-likeness (QED) is 0.911. The summed E-state index contributed by atoms with van der Waals surface area (Å²) in [5.74, 6) is 1.24. The van der Waals surface area contributed by atoms with Crippen LogP contribution in [0.5, 0.6) is 11.6 Å². The summed E-state index contributed by atoms with van der Waals surface area (Å²) in [5.41, 5.74) is 1.90. The van der Waals surface area contributed by atoms with E-state index in [0.29, 0.717) is 23.2 Å². The Morgan fingerprint density at radius 1 is 1.21 bits per heavy atom. The summed E-state index contributed by atoms with van der Waals surface area (Å²) >= 11 is 6.08. The average molecular weight is 279 g/mol. The molecule has 0 saturated heterocycles. The predicted molar refractivity (Wildman–Crippen MR) is 76.1 cm³/mol. The summed E-state index contributed by atoms with van der Waals surface area (Å²) in [6.07, 6.45) is 1.69. The van der Waals surface area contributed by atoms with Crippen LogP contribution in [0.15, 0.2) is 36.5 Å². The number of nitrogens with zero attached hydrogens (tertiary/aromatic N) is 1. The molecule has 5 heteroatoms. The highest BCUT2D eigenvalue weighted by atomic mass is 35.5. The number of anilines is 1. The highest BCUT2D eigenvalue weighted by Crippen LogP contribution is 2.26. The van der Waals surface area contributed by atoms with Gasteiger partial charge >= 0.3 is 0 Å². The minimum absolute atomic E-state index is 0.571. The van der Waals surface area contributed by atoms with Gasteiger partial charge < -0.3 is 14.8 Å². The predicted octanol–water partition coefficient (Wildman–Crippen LogP) is 3.36. The molecule has 0 aliphatic carbocycles. The third-order valence-corrected chi connectivity index (χ3v) is 2.96. The number of pyridine rings is 1. The van der Waals surface area contributed by atoms with E-state index >= 15 is 0 Å². The van der Waals surface area contributed by atoms with E-state index in [1.807, 2.05) is 30.3 Å². The molecule has 0 bridgehead atoms. The van der Waals surface area contributed by atoms with Crippen molar-refractivity contribution in [2.75, 3.05) is 19.5 Å². The van der Waals surface area contributed by atoms with Gasteiger partial charge in [-0.25, -0.2) is 4.98 Å². The fraction of sp³-hybridized carbons (Fsp3) is 0.214. The number of nitrogens with one attached hydrogen (secondary N) is 1. The number of ether oxygens (including phenoxy) is 2. The Morgan fingerprint density at radius 2 is 2.05 bits per heavy atom.